The summed E-state index contributed by atoms with van der Waals surface area (Å²) in [5, 5.41) is 0. The van der Waals surface area contributed by atoms with E-state index in [1.807, 2.05) is 6.07 Å². The quantitative estimate of drug-likeness (QED) is 0.625. The normalized spacial score (nSPS) is 11.0. The minimum atomic E-state index is 0.564. The molecule has 1 rings (SSSR count). The van der Waals surface area contributed by atoms with Crippen molar-refractivity contribution in [2.24, 2.45) is 11.3 Å². The lowest BCUT2D eigenvalue weighted by atomic mass is 9.82. The Kier molecular flexibility index (Phi) is 7.95. The van der Waals surface area contributed by atoms with Crippen molar-refractivity contribution in [3.63, 3.8) is 0 Å². The van der Waals surface area contributed by atoms with Crippen LogP contribution in [0.1, 0.15) is 59.9 Å². The van der Waals surface area contributed by atoms with Gasteiger partial charge in [0.1, 0.15) is 0 Å². The molecule has 0 N–H and O–H groups in total. The van der Waals surface area contributed by atoms with Crippen LogP contribution in [0.5, 0.6) is 0 Å². The zero-order chi connectivity index (χ0) is 13.3. The molecule has 0 fully saturated rings. The number of hydrogen-bond donors (Lipinski definition) is 0. The lowest BCUT2D eigenvalue weighted by molar-refractivity contribution is 0.277. The molecule has 0 aliphatic rings. The van der Waals surface area contributed by atoms with Gasteiger partial charge in [0, 0.05) is 0 Å². The first-order valence-electron chi connectivity index (χ1n) is 6.95. The van der Waals surface area contributed by atoms with Gasteiger partial charge in [-0.25, -0.2) is 0 Å². The zero-order valence-corrected chi connectivity index (χ0v) is 12.6. The molecule has 0 nitrogen and oxygen atoms in total. The van der Waals surface area contributed by atoms with E-state index in [4.69, 9.17) is 0 Å². The average Bonchev–Trinajstić information content (AvgIpc) is 2.29. The summed E-state index contributed by atoms with van der Waals surface area (Å²) in [6.45, 7) is 13.7. The summed E-state index contributed by atoms with van der Waals surface area (Å²) in [4.78, 5) is 0. The molecule has 0 saturated carbocycles. The molecule has 0 spiro atoms. The molecule has 0 amide bonds. The van der Waals surface area contributed by atoms with Gasteiger partial charge >= 0.3 is 0 Å². The van der Waals surface area contributed by atoms with E-state index in [0.29, 0.717) is 5.41 Å². The second-order valence-corrected chi connectivity index (χ2v) is 5.95. The Balaban J connectivity index is 0.000000302. The second kappa shape index (κ2) is 8.33. The molecular weight excluding hydrogens is 204 g/mol. The highest BCUT2D eigenvalue weighted by molar-refractivity contribution is 5.13. The number of benzene rings is 1. The molecule has 0 unspecified atom stereocenters. The topological polar surface area (TPSA) is 0 Å². The van der Waals surface area contributed by atoms with E-state index in [1.165, 1.54) is 18.4 Å². The van der Waals surface area contributed by atoms with Gasteiger partial charge < -0.3 is 0 Å². The van der Waals surface area contributed by atoms with Crippen molar-refractivity contribution in [1.29, 1.82) is 0 Å². The molecule has 1 aromatic rings. The third kappa shape index (κ3) is 8.97. The van der Waals surface area contributed by atoms with Crippen molar-refractivity contribution in [3.05, 3.63) is 35.9 Å². The van der Waals surface area contributed by atoms with Gasteiger partial charge in [0.25, 0.3) is 0 Å². The van der Waals surface area contributed by atoms with Gasteiger partial charge in [0.15, 0.2) is 0 Å². The summed E-state index contributed by atoms with van der Waals surface area (Å²) in [7, 11) is 0. The number of hydrogen-bond acceptors (Lipinski definition) is 0. The van der Waals surface area contributed by atoms with E-state index < -0.39 is 0 Å². The SMILES string of the molecule is CCC(C)(C)CC(C)C.CCc1ccccc1. The highest BCUT2D eigenvalue weighted by Gasteiger charge is 2.15. The van der Waals surface area contributed by atoms with Crippen LogP contribution in [-0.2, 0) is 6.42 Å². The van der Waals surface area contributed by atoms with Crippen molar-refractivity contribution in [2.45, 2.75) is 60.8 Å². The predicted molar refractivity (Wildman–Crippen MR) is 79.3 cm³/mol. The average molecular weight is 234 g/mol. The van der Waals surface area contributed by atoms with E-state index in [-0.39, 0.29) is 0 Å². The van der Waals surface area contributed by atoms with Crippen LogP contribution < -0.4 is 0 Å². The molecule has 17 heavy (non-hydrogen) atoms. The van der Waals surface area contributed by atoms with E-state index >= 15 is 0 Å². The maximum Gasteiger partial charge on any atom is -0.0307 e. The zero-order valence-electron chi connectivity index (χ0n) is 12.6. The van der Waals surface area contributed by atoms with Crippen LogP contribution in [-0.4, -0.2) is 0 Å². The predicted octanol–water partition coefficient (Wildman–Crippen LogP) is 5.72. The Morgan fingerprint density at radius 2 is 1.53 bits per heavy atom. The maximum atomic E-state index is 2.34. The molecule has 0 bridgehead atoms. The van der Waals surface area contributed by atoms with E-state index in [9.17, 15) is 0 Å². The monoisotopic (exact) mass is 234 g/mol. The lowest BCUT2D eigenvalue weighted by Crippen LogP contribution is -2.12. The van der Waals surface area contributed by atoms with Crippen LogP contribution >= 0.6 is 0 Å². The van der Waals surface area contributed by atoms with E-state index in [0.717, 1.165) is 12.3 Å². The van der Waals surface area contributed by atoms with Crippen molar-refractivity contribution in [1.82, 2.24) is 0 Å². The smallest absolute Gasteiger partial charge is 0.0307 e. The fourth-order valence-corrected chi connectivity index (χ4v) is 1.96. The van der Waals surface area contributed by atoms with E-state index in [1.54, 1.807) is 0 Å². The van der Waals surface area contributed by atoms with Crippen molar-refractivity contribution < 1.29 is 0 Å². The molecule has 0 aliphatic carbocycles. The molecule has 0 atom stereocenters. The first-order chi connectivity index (χ1) is 7.91. The fourth-order valence-electron chi connectivity index (χ4n) is 1.96. The first-order valence-corrected chi connectivity index (χ1v) is 6.95. The van der Waals surface area contributed by atoms with Gasteiger partial charge in [-0.3, -0.25) is 0 Å². The van der Waals surface area contributed by atoms with Gasteiger partial charge in [-0.15, -0.1) is 0 Å². The Labute approximate surface area is 108 Å². The number of aryl methyl sites for hydroxylation is 1. The maximum absolute atomic E-state index is 2.34. The largest absolute Gasteiger partial charge is 0.0649 e. The fraction of sp³-hybridized carbons (Fsp3) is 0.647. The lowest BCUT2D eigenvalue weighted by Gasteiger charge is -2.24. The standard InChI is InChI=1S/C9H20.C8H10/c1-6-9(4,5)7-8(2)3;1-2-8-6-4-3-5-7-8/h8H,6-7H2,1-5H3;3-7H,2H2,1H3. The minimum absolute atomic E-state index is 0.564. The third-order valence-electron chi connectivity index (χ3n) is 3.17. The van der Waals surface area contributed by atoms with Gasteiger partial charge in [0.05, 0.1) is 0 Å². The molecular formula is C17H30. The van der Waals surface area contributed by atoms with Crippen LogP contribution in [0.2, 0.25) is 0 Å². The molecule has 0 heterocycles. The molecule has 0 heteroatoms. The molecule has 98 valence electrons. The summed E-state index contributed by atoms with van der Waals surface area (Å²) in [6.07, 6.45) is 3.79. The van der Waals surface area contributed by atoms with Gasteiger partial charge in [-0.05, 0) is 29.7 Å². The Bertz CT molecular complexity index is 269. The van der Waals surface area contributed by atoms with Crippen LogP contribution in [0.25, 0.3) is 0 Å². The second-order valence-electron chi connectivity index (χ2n) is 5.95. The molecule has 0 radical (unpaired) electrons. The Morgan fingerprint density at radius 3 is 1.76 bits per heavy atom. The highest BCUT2D eigenvalue weighted by atomic mass is 14.2. The van der Waals surface area contributed by atoms with Crippen LogP contribution in [0.15, 0.2) is 30.3 Å². The summed E-state index contributed by atoms with van der Waals surface area (Å²) in [5.74, 6) is 0.847. The molecule has 0 aliphatic heterocycles. The van der Waals surface area contributed by atoms with Crippen LogP contribution in [0, 0.1) is 11.3 Å². The van der Waals surface area contributed by atoms with Crippen molar-refractivity contribution >= 4 is 0 Å². The van der Waals surface area contributed by atoms with Gasteiger partial charge in [0.2, 0.25) is 0 Å². The summed E-state index contributed by atoms with van der Waals surface area (Å²) in [6, 6.07) is 10.5. The molecule has 0 saturated heterocycles. The summed E-state index contributed by atoms with van der Waals surface area (Å²) < 4.78 is 0. The molecule has 1 aromatic carbocycles. The van der Waals surface area contributed by atoms with Crippen molar-refractivity contribution in [2.75, 3.05) is 0 Å². The first kappa shape index (κ1) is 16.2. The van der Waals surface area contributed by atoms with Gasteiger partial charge in [-0.1, -0.05) is 78.3 Å². The Morgan fingerprint density at radius 1 is 1.00 bits per heavy atom. The summed E-state index contributed by atoms with van der Waals surface area (Å²) in [5.41, 5.74) is 1.97. The Hall–Kier alpha value is -0.780. The number of rotatable bonds is 4. The minimum Gasteiger partial charge on any atom is -0.0649 e. The van der Waals surface area contributed by atoms with Crippen LogP contribution in [0.4, 0.5) is 0 Å². The highest BCUT2D eigenvalue weighted by Crippen LogP contribution is 2.28. The van der Waals surface area contributed by atoms with Gasteiger partial charge in [-0.2, -0.15) is 0 Å². The van der Waals surface area contributed by atoms with E-state index in [2.05, 4.69) is 65.8 Å². The van der Waals surface area contributed by atoms with Crippen LogP contribution in [0.3, 0.4) is 0 Å². The third-order valence-corrected chi connectivity index (χ3v) is 3.17. The summed E-state index contributed by atoms with van der Waals surface area (Å²) >= 11 is 0. The molecule has 0 aromatic heterocycles. The van der Waals surface area contributed by atoms with Crippen molar-refractivity contribution in [3.8, 4) is 0 Å².